The van der Waals surface area contributed by atoms with E-state index < -0.39 is 24.0 Å². The minimum absolute atomic E-state index is 0.164. The number of hydrogen-bond donors (Lipinski definition) is 5. The van der Waals surface area contributed by atoms with E-state index in [0.29, 0.717) is 32.2 Å². The van der Waals surface area contributed by atoms with E-state index in [1.807, 2.05) is 0 Å². The van der Waals surface area contributed by atoms with Gasteiger partial charge in [0, 0.05) is 6.42 Å². The molecule has 0 bridgehead atoms. The van der Waals surface area contributed by atoms with E-state index in [-0.39, 0.29) is 5.91 Å². The van der Waals surface area contributed by atoms with Crippen LogP contribution in [0, 0.1) is 0 Å². The standard InChI is InChI=1S/C5H12N2O2.C5H7NO3/c6-3-1-2-4(7)5(8)9;7-4-2-1-3(6-4)5(8)9/h4H,1-3,6-7H2,(H,8,9);3H,1-2H2,(H,6,7)(H,8,9)/t;3-/m.0/s1. The number of carboxylic acid groups (broad SMARTS) is 2. The lowest BCUT2D eigenvalue weighted by Gasteiger charge is -2.02. The number of nitrogens with two attached hydrogens (primary N) is 2. The minimum Gasteiger partial charge on any atom is -0.480 e. The van der Waals surface area contributed by atoms with Crippen molar-refractivity contribution in [1.29, 1.82) is 0 Å². The van der Waals surface area contributed by atoms with Crippen molar-refractivity contribution in [3.05, 3.63) is 0 Å². The molecule has 1 unspecified atom stereocenters. The summed E-state index contributed by atoms with van der Waals surface area (Å²) < 4.78 is 0. The fraction of sp³-hybridized carbons (Fsp3) is 0.700. The summed E-state index contributed by atoms with van der Waals surface area (Å²) in [6, 6.07) is -1.38. The Hall–Kier alpha value is -1.67. The van der Waals surface area contributed by atoms with Crippen molar-refractivity contribution < 1.29 is 24.6 Å². The first-order chi connectivity index (χ1) is 8.38. The van der Waals surface area contributed by atoms with Crippen LogP contribution < -0.4 is 16.8 Å². The maximum absolute atomic E-state index is 10.4. The first kappa shape index (κ1) is 16.3. The molecule has 8 nitrogen and oxygen atoms in total. The number of hydrogen-bond acceptors (Lipinski definition) is 5. The van der Waals surface area contributed by atoms with Crippen LogP contribution >= 0.6 is 0 Å². The molecule has 1 aliphatic heterocycles. The molecule has 1 heterocycles. The van der Waals surface area contributed by atoms with Crippen LogP contribution in [0.25, 0.3) is 0 Å². The SMILES string of the molecule is NCCCC(N)C(=O)O.O=C1CC[C@@H](C(=O)O)N1. The second-order valence-corrected chi connectivity index (χ2v) is 3.87. The molecule has 0 aromatic rings. The third-order valence-electron chi connectivity index (χ3n) is 2.33. The molecule has 1 amide bonds. The van der Waals surface area contributed by atoms with Gasteiger partial charge in [-0.1, -0.05) is 0 Å². The zero-order valence-corrected chi connectivity index (χ0v) is 9.96. The molecule has 0 aliphatic carbocycles. The largest absolute Gasteiger partial charge is 0.480 e. The Morgan fingerprint density at radius 1 is 1.44 bits per heavy atom. The number of nitrogens with one attached hydrogen (secondary N) is 1. The van der Waals surface area contributed by atoms with E-state index in [1.165, 1.54) is 0 Å². The first-order valence-electron chi connectivity index (χ1n) is 5.59. The van der Waals surface area contributed by atoms with Crippen LogP contribution in [-0.4, -0.2) is 46.7 Å². The Morgan fingerprint density at radius 2 is 2.06 bits per heavy atom. The number of rotatable bonds is 5. The molecule has 1 rings (SSSR count). The van der Waals surface area contributed by atoms with Gasteiger partial charge in [0.15, 0.2) is 0 Å². The molecule has 1 aliphatic rings. The van der Waals surface area contributed by atoms with Gasteiger partial charge < -0.3 is 27.0 Å². The highest BCUT2D eigenvalue weighted by atomic mass is 16.4. The Kier molecular flexibility index (Phi) is 7.64. The van der Waals surface area contributed by atoms with E-state index >= 15 is 0 Å². The molecule has 0 saturated carbocycles. The average molecular weight is 261 g/mol. The van der Waals surface area contributed by atoms with Gasteiger partial charge >= 0.3 is 11.9 Å². The van der Waals surface area contributed by atoms with E-state index in [2.05, 4.69) is 5.32 Å². The fourth-order valence-electron chi connectivity index (χ4n) is 1.26. The molecule has 18 heavy (non-hydrogen) atoms. The summed E-state index contributed by atoms with van der Waals surface area (Å²) in [6.45, 7) is 0.501. The molecule has 0 spiro atoms. The van der Waals surface area contributed by atoms with Gasteiger partial charge in [0.2, 0.25) is 5.91 Å². The molecule has 0 aromatic carbocycles. The summed E-state index contributed by atoms with van der Waals surface area (Å²) in [5.41, 5.74) is 10.3. The van der Waals surface area contributed by atoms with E-state index in [1.54, 1.807) is 0 Å². The Balaban J connectivity index is 0.000000321. The summed E-state index contributed by atoms with van der Waals surface area (Å²) in [7, 11) is 0. The lowest BCUT2D eigenvalue weighted by Crippen LogP contribution is -2.32. The maximum atomic E-state index is 10.4. The van der Waals surface area contributed by atoms with Crippen molar-refractivity contribution in [2.75, 3.05) is 6.54 Å². The Bertz CT molecular complexity index is 308. The van der Waals surface area contributed by atoms with Crippen LogP contribution in [0.15, 0.2) is 0 Å². The van der Waals surface area contributed by atoms with E-state index in [0.717, 1.165) is 0 Å². The molecule has 104 valence electrons. The summed E-state index contributed by atoms with van der Waals surface area (Å²) in [5, 5.41) is 18.9. The highest BCUT2D eigenvalue weighted by Gasteiger charge is 2.26. The number of carbonyl (C=O) groups excluding carboxylic acids is 1. The lowest BCUT2D eigenvalue weighted by molar-refractivity contribution is -0.140. The van der Waals surface area contributed by atoms with Crippen molar-refractivity contribution >= 4 is 17.8 Å². The number of aliphatic carboxylic acids is 2. The van der Waals surface area contributed by atoms with Crippen molar-refractivity contribution in [3.63, 3.8) is 0 Å². The van der Waals surface area contributed by atoms with Gasteiger partial charge in [-0.25, -0.2) is 4.79 Å². The summed E-state index contributed by atoms with van der Waals surface area (Å²) in [6.07, 6.45) is 1.91. The zero-order valence-electron chi connectivity index (χ0n) is 9.96. The number of amides is 1. The van der Waals surface area contributed by atoms with Crippen molar-refractivity contribution in [2.45, 2.75) is 37.8 Å². The minimum atomic E-state index is -0.955. The molecule has 0 aromatic heterocycles. The summed E-state index contributed by atoms with van der Waals surface area (Å²) in [5.74, 6) is -2.06. The van der Waals surface area contributed by atoms with Crippen LogP contribution in [0.5, 0.6) is 0 Å². The average Bonchev–Trinajstić information content (AvgIpc) is 2.73. The van der Waals surface area contributed by atoms with Gasteiger partial charge in [-0.2, -0.15) is 0 Å². The van der Waals surface area contributed by atoms with Crippen LogP contribution in [0.2, 0.25) is 0 Å². The second-order valence-electron chi connectivity index (χ2n) is 3.87. The molecule has 1 fully saturated rings. The van der Waals surface area contributed by atoms with Crippen LogP contribution in [0.1, 0.15) is 25.7 Å². The quantitative estimate of drug-likeness (QED) is 0.402. The normalized spacial score (nSPS) is 19.4. The molecule has 0 radical (unpaired) electrons. The smallest absolute Gasteiger partial charge is 0.326 e. The van der Waals surface area contributed by atoms with Crippen molar-refractivity contribution in [3.8, 4) is 0 Å². The van der Waals surface area contributed by atoms with Crippen molar-refractivity contribution in [1.82, 2.24) is 5.32 Å². The monoisotopic (exact) mass is 261 g/mol. The molecule has 2 atom stereocenters. The fourth-order valence-corrected chi connectivity index (χ4v) is 1.26. The highest BCUT2D eigenvalue weighted by Crippen LogP contribution is 2.05. The Morgan fingerprint density at radius 3 is 2.33 bits per heavy atom. The van der Waals surface area contributed by atoms with E-state index in [4.69, 9.17) is 21.7 Å². The van der Waals surface area contributed by atoms with E-state index in [9.17, 15) is 14.4 Å². The van der Waals surface area contributed by atoms with Gasteiger partial charge in [-0.3, -0.25) is 9.59 Å². The van der Waals surface area contributed by atoms with Gasteiger partial charge in [0.1, 0.15) is 12.1 Å². The van der Waals surface area contributed by atoms with Crippen LogP contribution in [-0.2, 0) is 14.4 Å². The first-order valence-corrected chi connectivity index (χ1v) is 5.59. The third-order valence-corrected chi connectivity index (χ3v) is 2.33. The number of carboxylic acids is 2. The summed E-state index contributed by atoms with van der Waals surface area (Å²) >= 11 is 0. The Labute approximate surface area is 104 Å². The molecular formula is C10H19N3O5. The van der Waals surface area contributed by atoms with Gasteiger partial charge in [-0.15, -0.1) is 0 Å². The van der Waals surface area contributed by atoms with Crippen molar-refractivity contribution in [2.24, 2.45) is 11.5 Å². The van der Waals surface area contributed by atoms with Gasteiger partial charge in [0.05, 0.1) is 0 Å². The predicted octanol–water partition coefficient (Wildman–Crippen LogP) is -1.51. The maximum Gasteiger partial charge on any atom is 0.326 e. The molecule has 1 saturated heterocycles. The van der Waals surface area contributed by atoms with Crippen LogP contribution in [0.4, 0.5) is 0 Å². The molecule has 8 heteroatoms. The third kappa shape index (κ3) is 6.81. The topological polar surface area (TPSA) is 156 Å². The highest BCUT2D eigenvalue weighted by molar-refractivity contribution is 5.87. The van der Waals surface area contributed by atoms with Gasteiger partial charge in [0.25, 0.3) is 0 Å². The zero-order chi connectivity index (χ0) is 14.1. The second kappa shape index (κ2) is 8.43. The van der Waals surface area contributed by atoms with Gasteiger partial charge in [-0.05, 0) is 25.8 Å². The lowest BCUT2D eigenvalue weighted by atomic mass is 10.2. The number of carbonyl (C=O) groups is 3. The molecule has 7 N–H and O–H groups in total. The molecular weight excluding hydrogens is 242 g/mol. The summed E-state index contributed by atoms with van der Waals surface area (Å²) in [4.78, 5) is 30.6. The predicted molar refractivity (Wildman–Crippen MR) is 62.7 cm³/mol. The van der Waals surface area contributed by atoms with Crippen LogP contribution in [0.3, 0.4) is 0 Å².